The van der Waals surface area contributed by atoms with Gasteiger partial charge in [-0.3, -0.25) is 0 Å². The van der Waals surface area contributed by atoms with Gasteiger partial charge in [0.15, 0.2) is 0 Å². The van der Waals surface area contributed by atoms with Crippen LogP contribution >= 0.6 is 0 Å². The van der Waals surface area contributed by atoms with Gasteiger partial charge < -0.3 is 0 Å². The summed E-state index contributed by atoms with van der Waals surface area (Å²) < 4.78 is 0. The van der Waals surface area contributed by atoms with Gasteiger partial charge in [0.05, 0.1) is 31.4 Å². The smallest absolute Gasteiger partial charge is 0.0988 e. The summed E-state index contributed by atoms with van der Waals surface area (Å²) in [5, 5.41) is 0.633. The molecule has 0 radical (unpaired) electrons. The minimum absolute atomic E-state index is 0.114. The van der Waals surface area contributed by atoms with Crippen LogP contribution in [0, 0.1) is 0 Å². The summed E-state index contributed by atoms with van der Waals surface area (Å²) in [6.45, 7) is 6.20. The van der Waals surface area contributed by atoms with Gasteiger partial charge in [-0.2, -0.15) is 0 Å². The van der Waals surface area contributed by atoms with Crippen LogP contribution in [0.4, 0.5) is 0 Å². The molecule has 92 valence electrons. The van der Waals surface area contributed by atoms with Crippen molar-refractivity contribution in [3.05, 3.63) is 36.0 Å². The average Bonchev–Trinajstić information content (AvgIpc) is 2.26. The zero-order chi connectivity index (χ0) is 15.3. The molecule has 0 aromatic carbocycles. The normalized spacial score (nSPS) is 27.2. The first kappa shape index (κ1) is 16.8. The molecule has 0 aromatic rings. The summed E-state index contributed by atoms with van der Waals surface area (Å²) in [7, 11) is 19.1. The summed E-state index contributed by atoms with van der Waals surface area (Å²) >= 11 is 0. The van der Waals surface area contributed by atoms with Gasteiger partial charge >= 0.3 is 0 Å². The lowest BCUT2D eigenvalue weighted by molar-refractivity contribution is 0.524. The third-order valence-electron chi connectivity index (χ3n) is 6.86. The van der Waals surface area contributed by atoms with E-state index in [1.807, 2.05) is 0 Å². The topological polar surface area (TPSA) is 0 Å². The predicted molar refractivity (Wildman–Crippen MR) is 111 cm³/mol. The Morgan fingerprint density at radius 2 is 1.16 bits per heavy atom. The Hall–Kier alpha value is -0.261. The minimum Gasteiger partial charge on any atom is -0.0988 e. The quantitative estimate of drug-likeness (QED) is 0.429. The maximum absolute atomic E-state index is 4.10. The molecule has 0 bridgehead atoms. The molecule has 1 rings (SSSR count). The molecule has 0 atom stereocenters. The molecule has 0 N–H and O–H groups in total. The van der Waals surface area contributed by atoms with Gasteiger partial charge in [-0.25, -0.2) is 0 Å². The molecular weight excluding hydrogens is 219 g/mol. The lowest BCUT2D eigenvalue weighted by Gasteiger charge is -2.66. The van der Waals surface area contributed by atoms with Gasteiger partial charge in [0.25, 0.3) is 0 Å². The largest absolute Gasteiger partial charge is 0.103 e. The van der Waals surface area contributed by atoms with Crippen molar-refractivity contribution in [2.24, 2.45) is 0 Å². The van der Waals surface area contributed by atoms with Crippen molar-refractivity contribution in [3.63, 3.8) is 0 Å². The van der Waals surface area contributed by atoms with Crippen molar-refractivity contribution in [1.82, 2.24) is 0 Å². The van der Waals surface area contributed by atoms with E-state index < -0.39 is 0 Å². The Balaban J connectivity index is 3.84. The van der Waals surface area contributed by atoms with Crippen molar-refractivity contribution < 1.29 is 0 Å². The molecule has 0 amide bonds. The second-order valence-electron chi connectivity index (χ2n) is 8.03. The average molecular weight is 243 g/mol. The molecule has 0 aliphatic heterocycles. The Kier molecular flexibility index (Phi) is 4.10. The number of hydrogen-bond donors (Lipinski definition) is 0. The second kappa shape index (κ2) is 4.64. The van der Waals surface area contributed by atoms with Crippen molar-refractivity contribution in [1.29, 1.82) is 0 Å². The Morgan fingerprint density at radius 1 is 0.789 bits per heavy atom. The monoisotopic (exact) mass is 244 g/mol. The maximum Gasteiger partial charge on any atom is 0.103 e. The van der Waals surface area contributed by atoms with E-state index in [1.165, 1.54) is 11.1 Å². The van der Waals surface area contributed by atoms with Crippen LogP contribution in [0.5, 0.6) is 0 Å². The van der Waals surface area contributed by atoms with Crippen molar-refractivity contribution in [3.8, 4) is 0 Å². The fourth-order valence-corrected chi connectivity index (χ4v) is 3.74. The number of hydrogen-bond acceptors (Lipinski definition) is 0. The third-order valence-corrected chi connectivity index (χ3v) is 6.86. The molecular formula is C11H24B8. The van der Waals surface area contributed by atoms with Crippen LogP contribution in [0.2, 0.25) is 20.9 Å². The van der Waals surface area contributed by atoms with Gasteiger partial charge in [0.2, 0.25) is 0 Å². The van der Waals surface area contributed by atoms with Crippen molar-refractivity contribution in [2.45, 2.75) is 27.8 Å². The van der Waals surface area contributed by atoms with Crippen molar-refractivity contribution >= 4 is 62.8 Å². The van der Waals surface area contributed by atoms with Crippen molar-refractivity contribution in [2.75, 3.05) is 0 Å². The van der Waals surface area contributed by atoms with Crippen LogP contribution in [-0.2, 0) is 0 Å². The van der Waals surface area contributed by atoms with Crippen LogP contribution in [0.15, 0.2) is 36.0 Å². The lowest BCUT2D eigenvalue weighted by Crippen LogP contribution is -2.54. The Bertz CT molecular complexity index is 455. The zero-order valence-electron chi connectivity index (χ0n) is 14.4. The summed E-state index contributed by atoms with van der Waals surface area (Å²) in [6.07, 6.45) is 6.52. The van der Waals surface area contributed by atoms with Crippen LogP contribution in [0.3, 0.4) is 0 Å². The Labute approximate surface area is 127 Å². The molecule has 0 fully saturated rings. The molecule has 0 unspecified atom stereocenters. The molecule has 0 saturated carbocycles. The first-order valence-corrected chi connectivity index (χ1v) is 7.40. The van der Waals surface area contributed by atoms with E-state index in [0.717, 1.165) is 0 Å². The van der Waals surface area contributed by atoms with E-state index in [9.17, 15) is 0 Å². The molecule has 0 spiro atoms. The molecule has 0 aromatic heterocycles. The summed E-state index contributed by atoms with van der Waals surface area (Å²) in [4.78, 5) is 0. The molecule has 0 nitrogen and oxygen atoms in total. The van der Waals surface area contributed by atoms with E-state index in [2.05, 4.69) is 94.5 Å². The molecule has 1 aliphatic carbocycles. The van der Waals surface area contributed by atoms with Crippen LogP contribution in [-0.4, -0.2) is 62.8 Å². The van der Waals surface area contributed by atoms with E-state index in [4.69, 9.17) is 0 Å². The minimum atomic E-state index is 0.114. The first-order valence-electron chi connectivity index (χ1n) is 7.40. The van der Waals surface area contributed by atoms with Gasteiger partial charge in [0, 0.05) is 0 Å². The van der Waals surface area contributed by atoms with Gasteiger partial charge in [0.1, 0.15) is 31.4 Å². The molecule has 0 heterocycles. The van der Waals surface area contributed by atoms with E-state index >= 15 is 0 Å². The molecule has 19 heavy (non-hydrogen) atoms. The first-order chi connectivity index (χ1) is 8.39. The Morgan fingerprint density at radius 3 is 1.47 bits per heavy atom. The summed E-state index contributed by atoms with van der Waals surface area (Å²) in [6, 6.07) is 0. The summed E-state index contributed by atoms with van der Waals surface area (Å²) in [5.74, 6) is 0. The highest BCUT2D eigenvalue weighted by molar-refractivity contribution is 6.67. The third kappa shape index (κ3) is 1.93. The standard InChI is InChI=1S/C11H24B8/c1-3-5-7-6(4-2)8(12,13)10(16,17)11(18,19)9(7,14)15/h3-5H,2,12-19H2,1H3/b5-3-. The van der Waals surface area contributed by atoms with Gasteiger partial charge in [-0.1, -0.05) is 56.8 Å². The molecule has 8 heteroatoms. The molecule has 1 aliphatic rings. The number of allylic oxidation sites excluding steroid dienone is 5. The summed E-state index contributed by atoms with van der Waals surface area (Å²) in [5.41, 5.74) is 2.85. The van der Waals surface area contributed by atoms with Crippen LogP contribution in [0.1, 0.15) is 6.92 Å². The zero-order valence-corrected chi connectivity index (χ0v) is 14.4. The highest BCUT2D eigenvalue weighted by atomic mass is 14.5. The van der Waals surface area contributed by atoms with Crippen LogP contribution < -0.4 is 0 Å². The van der Waals surface area contributed by atoms with Gasteiger partial charge in [-0.05, 0) is 6.92 Å². The fourth-order valence-electron chi connectivity index (χ4n) is 3.74. The highest BCUT2D eigenvalue weighted by Gasteiger charge is 2.58. The highest BCUT2D eigenvalue weighted by Crippen LogP contribution is 2.73. The van der Waals surface area contributed by atoms with E-state index in [-0.39, 0.29) is 20.9 Å². The van der Waals surface area contributed by atoms with Gasteiger partial charge in [-0.15, -0.1) is 0 Å². The predicted octanol–water partition coefficient (Wildman–Crippen LogP) is -4.41. The lowest BCUT2D eigenvalue weighted by atomic mass is 9.07. The van der Waals surface area contributed by atoms with E-state index in [0.29, 0.717) is 0 Å². The second-order valence-corrected chi connectivity index (χ2v) is 8.03. The van der Waals surface area contributed by atoms with E-state index in [1.54, 1.807) is 0 Å². The maximum atomic E-state index is 4.10. The molecule has 0 saturated heterocycles. The SMILES string of the molecule is BC1(B)C(C=C)=C(/C=C\C)C(B)(B)C(B)(B)C1(B)B. The number of rotatable bonds is 2. The van der Waals surface area contributed by atoms with Crippen LogP contribution in [0.25, 0.3) is 0 Å². The fraction of sp³-hybridized carbons (Fsp3) is 0.455.